The maximum absolute atomic E-state index is 5.59. The molecule has 0 radical (unpaired) electrons. The Morgan fingerprint density at radius 2 is 2.21 bits per heavy atom. The number of para-hydroxylation sites is 1. The number of thiazole rings is 1. The Labute approximate surface area is 112 Å². The first-order valence-corrected chi connectivity index (χ1v) is 6.84. The highest BCUT2D eigenvalue weighted by Crippen LogP contribution is 2.31. The zero-order valence-electron chi connectivity index (χ0n) is 10.00. The normalized spacial score (nSPS) is 11.6. The Balaban J connectivity index is 2.00. The summed E-state index contributed by atoms with van der Waals surface area (Å²) in [7, 11) is 0. The van der Waals surface area contributed by atoms with E-state index >= 15 is 0 Å². The van der Waals surface area contributed by atoms with E-state index in [-0.39, 0.29) is 0 Å². The van der Waals surface area contributed by atoms with Gasteiger partial charge in [-0.3, -0.25) is 0 Å². The van der Waals surface area contributed by atoms with Crippen LogP contribution in [0.5, 0.6) is 0 Å². The number of aromatic nitrogens is 4. The van der Waals surface area contributed by atoms with Gasteiger partial charge in [0.15, 0.2) is 5.82 Å². The molecule has 3 N–H and O–H groups in total. The minimum Gasteiger partial charge on any atom is -0.360 e. The molecule has 0 amide bonds. The van der Waals surface area contributed by atoms with Crippen molar-refractivity contribution in [2.24, 2.45) is 5.73 Å². The van der Waals surface area contributed by atoms with Gasteiger partial charge in [0, 0.05) is 28.0 Å². The molecular formula is C13H11N5S. The third kappa shape index (κ3) is 1.50. The first-order chi connectivity index (χ1) is 9.36. The van der Waals surface area contributed by atoms with E-state index in [9.17, 15) is 0 Å². The molecule has 0 fully saturated rings. The van der Waals surface area contributed by atoms with Gasteiger partial charge in [-0.1, -0.05) is 18.2 Å². The summed E-state index contributed by atoms with van der Waals surface area (Å²) in [5.74, 6) is 0.674. The minimum atomic E-state index is 0.363. The van der Waals surface area contributed by atoms with Crippen molar-refractivity contribution < 1.29 is 0 Å². The number of benzene rings is 1. The Hall–Kier alpha value is -2.18. The minimum absolute atomic E-state index is 0.363. The van der Waals surface area contributed by atoms with Gasteiger partial charge in [-0.25, -0.2) is 9.50 Å². The van der Waals surface area contributed by atoms with Crippen LogP contribution >= 0.6 is 11.3 Å². The third-order valence-electron chi connectivity index (χ3n) is 3.17. The van der Waals surface area contributed by atoms with Gasteiger partial charge in [0.1, 0.15) is 0 Å². The zero-order valence-corrected chi connectivity index (χ0v) is 10.8. The second-order valence-electron chi connectivity index (χ2n) is 4.30. The van der Waals surface area contributed by atoms with E-state index in [0.29, 0.717) is 12.4 Å². The van der Waals surface area contributed by atoms with Crippen LogP contribution in [0.1, 0.15) is 5.82 Å². The van der Waals surface area contributed by atoms with Crippen LogP contribution in [0.3, 0.4) is 0 Å². The monoisotopic (exact) mass is 269 g/mol. The fourth-order valence-corrected chi connectivity index (χ4v) is 3.12. The number of nitrogens with zero attached hydrogens (tertiary/aromatic N) is 3. The van der Waals surface area contributed by atoms with E-state index in [1.165, 1.54) is 5.39 Å². The molecule has 0 aliphatic heterocycles. The van der Waals surface area contributed by atoms with Crippen LogP contribution in [-0.4, -0.2) is 19.6 Å². The number of nitrogens with two attached hydrogens (primary N) is 1. The van der Waals surface area contributed by atoms with Crippen LogP contribution in [0.2, 0.25) is 0 Å². The average Bonchev–Trinajstić information content (AvgIpc) is 3.10. The number of H-pyrrole nitrogens is 1. The van der Waals surface area contributed by atoms with Crippen LogP contribution in [0, 0.1) is 0 Å². The second-order valence-corrected chi connectivity index (χ2v) is 5.13. The lowest BCUT2D eigenvalue weighted by molar-refractivity contribution is 0.877. The van der Waals surface area contributed by atoms with Crippen molar-refractivity contribution in [1.29, 1.82) is 0 Å². The molecule has 0 saturated carbocycles. The highest BCUT2D eigenvalue weighted by atomic mass is 32.1. The summed E-state index contributed by atoms with van der Waals surface area (Å²) < 4.78 is 1.86. The summed E-state index contributed by atoms with van der Waals surface area (Å²) in [6.07, 6.45) is 2.01. The van der Waals surface area contributed by atoms with Crippen molar-refractivity contribution in [3.63, 3.8) is 0 Å². The van der Waals surface area contributed by atoms with Gasteiger partial charge >= 0.3 is 0 Å². The predicted octanol–water partition coefficient (Wildman–Crippen LogP) is 2.40. The maximum atomic E-state index is 5.59. The fraction of sp³-hybridized carbons (Fsp3) is 0.0769. The largest absolute Gasteiger partial charge is 0.360 e. The molecule has 0 spiro atoms. The molecule has 0 saturated heterocycles. The molecule has 4 rings (SSSR count). The molecule has 94 valence electrons. The summed E-state index contributed by atoms with van der Waals surface area (Å²) >= 11 is 1.58. The van der Waals surface area contributed by atoms with Crippen LogP contribution in [-0.2, 0) is 6.54 Å². The Kier molecular flexibility index (Phi) is 2.20. The summed E-state index contributed by atoms with van der Waals surface area (Å²) in [6.45, 7) is 0.363. The molecular weight excluding hydrogens is 258 g/mol. The van der Waals surface area contributed by atoms with Crippen LogP contribution in [0.15, 0.2) is 35.8 Å². The van der Waals surface area contributed by atoms with Gasteiger partial charge in [0.2, 0.25) is 4.96 Å². The first kappa shape index (κ1) is 10.7. The summed E-state index contributed by atoms with van der Waals surface area (Å²) in [4.78, 5) is 8.53. The lowest BCUT2D eigenvalue weighted by Gasteiger charge is -1.96. The SMILES string of the molecule is NCc1nc2scc(-c3c[nH]c4ccccc34)n2n1. The predicted molar refractivity (Wildman–Crippen MR) is 76.0 cm³/mol. The third-order valence-corrected chi connectivity index (χ3v) is 3.99. The quantitative estimate of drug-likeness (QED) is 0.587. The highest BCUT2D eigenvalue weighted by molar-refractivity contribution is 7.15. The number of fused-ring (bicyclic) bond motifs is 2. The second kappa shape index (κ2) is 3.91. The van der Waals surface area contributed by atoms with Gasteiger partial charge in [-0.2, -0.15) is 0 Å². The van der Waals surface area contributed by atoms with E-state index in [1.807, 2.05) is 22.8 Å². The molecule has 19 heavy (non-hydrogen) atoms. The number of hydrogen-bond donors (Lipinski definition) is 2. The van der Waals surface area contributed by atoms with Gasteiger partial charge in [0.05, 0.1) is 12.2 Å². The molecule has 0 atom stereocenters. The number of hydrogen-bond acceptors (Lipinski definition) is 4. The van der Waals surface area contributed by atoms with Crippen LogP contribution in [0.4, 0.5) is 0 Å². The number of nitrogens with one attached hydrogen (secondary N) is 1. The lowest BCUT2D eigenvalue weighted by atomic mass is 10.1. The van der Waals surface area contributed by atoms with Crippen LogP contribution in [0.25, 0.3) is 27.1 Å². The smallest absolute Gasteiger partial charge is 0.212 e. The molecule has 4 aromatic rings. The fourth-order valence-electron chi connectivity index (χ4n) is 2.28. The van der Waals surface area contributed by atoms with Gasteiger partial charge < -0.3 is 10.7 Å². The van der Waals surface area contributed by atoms with Crippen molar-refractivity contribution >= 4 is 27.2 Å². The Morgan fingerprint density at radius 3 is 3.11 bits per heavy atom. The number of aromatic amines is 1. The van der Waals surface area contributed by atoms with Crippen molar-refractivity contribution in [3.8, 4) is 11.3 Å². The van der Waals surface area contributed by atoms with Gasteiger partial charge in [0.25, 0.3) is 0 Å². The topological polar surface area (TPSA) is 72.0 Å². The summed E-state index contributed by atoms with van der Waals surface area (Å²) in [5, 5.41) is 7.69. The van der Waals surface area contributed by atoms with E-state index < -0.39 is 0 Å². The van der Waals surface area contributed by atoms with E-state index in [0.717, 1.165) is 21.7 Å². The number of rotatable bonds is 2. The van der Waals surface area contributed by atoms with E-state index in [1.54, 1.807) is 11.3 Å². The Bertz CT molecular complexity index is 869. The highest BCUT2D eigenvalue weighted by Gasteiger charge is 2.13. The van der Waals surface area contributed by atoms with E-state index in [2.05, 4.69) is 32.6 Å². The molecule has 5 nitrogen and oxygen atoms in total. The maximum Gasteiger partial charge on any atom is 0.212 e. The Morgan fingerprint density at radius 1 is 1.32 bits per heavy atom. The lowest BCUT2D eigenvalue weighted by Crippen LogP contribution is -1.99. The standard InChI is InChI=1S/C13H11N5S/c14-5-12-16-13-18(17-12)11(7-19-13)9-6-15-10-4-2-1-3-8(9)10/h1-4,6-7,15H,5,14H2. The van der Waals surface area contributed by atoms with Crippen LogP contribution < -0.4 is 5.73 Å². The molecule has 3 heterocycles. The molecule has 0 aliphatic rings. The molecule has 6 heteroatoms. The van der Waals surface area contributed by atoms with Crippen molar-refractivity contribution in [2.75, 3.05) is 0 Å². The first-order valence-electron chi connectivity index (χ1n) is 5.96. The van der Waals surface area contributed by atoms with Crippen molar-refractivity contribution in [1.82, 2.24) is 19.6 Å². The van der Waals surface area contributed by atoms with Gasteiger partial charge in [-0.15, -0.1) is 16.4 Å². The molecule has 0 bridgehead atoms. The summed E-state index contributed by atoms with van der Waals surface area (Å²) in [6, 6.07) is 8.23. The summed E-state index contributed by atoms with van der Waals surface area (Å²) in [5.41, 5.74) is 8.89. The molecule has 0 aliphatic carbocycles. The van der Waals surface area contributed by atoms with Gasteiger partial charge in [-0.05, 0) is 6.07 Å². The van der Waals surface area contributed by atoms with E-state index in [4.69, 9.17) is 5.73 Å². The van der Waals surface area contributed by atoms with Crippen molar-refractivity contribution in [2.45, 2.75) is 6.54 Å². The molecule has 1 aromatic carbocycles. The molecule has 0 unspecified atom stereocenters. The molecule has 3 aromatic heterocycles. The van der Waals surface area contributed by atoms with Crippen molar-refractivity contribution in [3.05, 3.63) is 41.7 Å². The average molecular weight is 269 g/mol. The zero-order chi connectivity index (χ0) is 12.8.